The fourth-order valence-electron chi connectivity index (χ4n) is 4.06. The van der Waals surface area contributed by atoms with Crippen LogP contribution in [-0.4, -0.2) is 33.5 Å². The molecule has 1 N–H and O–H groups in total. The molecule has 1 aromatic carbocycles. The Bertz CT molecular complexity index is 692. The van der Waals surface area contributed by atoms with Gasteiger partial charge in [0.2, 0.25) is 0 Å². The summed E-state index contributed by atoms with van der Waals surface area (Å²) >= 11 is 0. The van der Waals surface area contributed by atoms with E-state index in [2.05, 4.69) is 46.6 Å². The molecule has 1 aromatic heterocycles. The molecule has 5 nitrogen and oxygen atoms in total. The van der Waals surface area contributed by atoms with Gasteiger partial charge < -0.3 is 10.1 Å². The molecule has 2 aliphatic rings. The lowest BCUT2D eigenvalue weighted by Crippen LogP contribution is -2.64. The fourth-order valence-corrected chi connectivity index (χ4v) is 4.06. The van der Waals surface area contributed by atoms with Gasteiger partial charge in [-0.1, -0.05) is 18.6 Å². The van der Waals surface area contributed by atoms with Gasteiger partial charge in [-0.2, -0.15) is 5.10 Å². The second-order valence-electron chi connectivity index (χ2n) is 6.79. The van der Waals surface area contributed by atoms with Crippen LogP contribution in [0.3, 0.4) is 0 Å². The Kier molecular flexibility index (Phi) is 3.60. The number of anilines is 1. The lowest BCUT2D eigenvalue weighted by atomic mass is 9.51. The van der Waals surface area contributed by atoms with Gasteiger partial charge in [-0.15, -0.1) is 0 Å². The lowest BCUT2D eigenvalue weighted by Gasteiger charge is -2.61. The molecule has 0 bridgehead atoms. The van der Waals surface area contributed by atoms with Gasteiger partial charge in [0.25, 0.3) is 0 Å². The molecule has 5 heteroatoms. The molecular formula is C18H24N4O. The standard InChI is InChI=1S/C18H24N4O/c1-3-23-16-11-15(18(16)8-5-9-18)20-14-7-4-6-13(10-14)17-19-12-22(2)21-17/h4,6-7,10,12,15-16,20H,3,5,8-9,11H2,1-2H3/t15-,16+/m0/s1. The van der Waals surface area contributed by atoms with Crippen molar-refractivity contribution >= 4 is 5.69 Å². The van der Waals surface area contributed by atoms with Gasteiger partial charge in [-0.25, -0.2) is 4.98 Å². The summed E-state index contributed by atoms with van der Waals surface area (Å²) in [5.74, 6) is 0.773. The predicted molar refractivity (Wildman–Crippen MR) is 90.2 cm³/mol. The summed E-state index contributed by atoms with van der Waals surface area (Å²) in [7, 11) is 1.89. The van der Waals surface area contributed by atoms with Crippen molar-refractivity contribution < 1.29 is 4.74 Å². The first-order valence-corrected chi connectivity index (χ1v) is 8.55. The molecule has 0 amide bonds. The molecule has 0 radical (unpaired) electrons. The van der Waals surface area contributed by atoms with E-state index >= 15 is 0 Å². The number of benzene rings is 1. The average molecular weight is 312 g/mol. The van der Waals surface area contributed by atoms with Crippen molar-refractivity contribution in [2.24, 2.45) is 12.5 Å². The van der Waals surface area contributed by atoms with E-state index in [0.29, 0.717) is 17.6 Å². The highest BCUT2D eigenvalue weighted by molar-refractivity contribution is 5.62. The van der Waals surface area contributed by atoms with Crippen LogP contribution in [0, 0.1) is 5.41 Å². The summed E-state index contributed by atoms with van der Waals surface area (Å²) in [6.45, 7) is 2.91. The number of aromatic nitrogens is 3. The Hall–Kier alpha value is -1.88. The van der Waals surface area contributed by atoms with Crippen LogP contribution in [0.1, 0.15) is 32.6 Å². The van der Waals surface area contributed by atoms with Crippen LogP contribution in [0.5, 0.6) is 0 Å². The topological polar surface area (TPSA) is 52.0 Å². The van der Waals surface area contributed by atoms with E-state index in [1.54, 1.807) is 11.0 Å². The van der Waals surface area contributed by atoms with Crippen molar-refractivity contribution in [1.29, 1.82) is 0 Å². The highest BCUT2D eigenvalue weighted by Gasteiger charge is 2.58. The van der Waals surface area contributed by atoms with Gasteiger partial charge in [0.05, 0.1) is 6.10 Å². The maximum atomic E-state index is 5.94. The highest BCUT2D eigenvalue weighted by atomic mass is 16.5. The summed E-state index contributed by atoms with van der Waals surface area (Å²) in [6.07, 6.45) is 7.20. The SMILES string of the molecule is CCO[C@@H]1C[C@H](Nc2cccc(-c3ncn(C)n3)c2)C12CCC2. The second kappa shape index (κ2) is 5.64. The molecule has 2 saturated carbocycles. The molecule has 2 aromatic rings. The van der Waals surface area contributed by atoms with Gasteiger partial charge in [0.1, 0.15) is 6.33 Å². The first-order chi connectivity index (χ1) is 11.2. The van der Waals surface area contributed by atoms with E-state index in [-0.39, 0.29) is 0 Å². The Morgan fingerprint density at radius 2 is 2.26 bits per heavy atom. The normalized spacial score (nSPS) is 25.0. The monoisotopic (exact) mass is 312 g/mol. The maximum absolute atomic E-state index is 5.94. The molecule has 4 rings (SSSR count). The number of hydrogen-bond acceptors (Lipinski definition) is 4. The van der Waals surface area contributed by atoms with E-state index in [0.717, 1.165) is 30.1 Å². The predicted octanol–water partition coefficient (Wildman–Crippen LogP) is 3.24. The molecular weight excluding hydrogens is 288 g/mol. The maximum Gasteiger partial charge on any atom is 0.181 e. The molecule has 0 unspecified atom stereocenters. The zero-order valence-corrected chi connectivity index (χ0v) is 13.8. The Labute approximate surface area is 137 Å². The van der Waals surface area contributed by atoms with Crippen LogP contribution < -0.4 is 5.32 Å². The highest BCUT2D eigenvalue weighted by Crippen LogP contribution is 2.58. The number of aryl methyl sites for hydroxylation is 1. The van der Waals surface area contributed by atoms with Gasteiger partial charge in [0.15, 0.2) is 5.82 Å². The molecule has 23 heavy (non-hydrogen) atoms. The number of rotatable bonds is 5. The third kappa shape index (κ3) is 2.43. The summed E-state index contributed by atoms with van der Waals surface area (Å²) in [4.78, 5) is 4.34. The van der Waals surface area contributed by atoms with Crippen LogP contribution in [0.25, 0.3) is 11.4 Å². The number of nitrogens with zero attached hydrogens (tertiary/aromatic N) is 3. The van der Waals surface area contributed by atoms with Crippen LogP contribution in [0.15, 0.2) is 30.6 Å². The average Bonchev–Trinajstić information content (AvgIpc) is 2.91. The van der Waals surface area contributed by atoms with Gasteiger partial charge >= 0.3 is 0 Å². The summed E-state index contributed by atoms with van der Waals surface area (Å²) in [5.41, 5.74) is 2.58. The van der Waals surface area contributed by atoms with Crippen molar-refractivity contribution in [1.82, 2.24) is 14.8 Å². The van der Waals surface area contributed by atoms with Gasteiger partial charge in [-0.05, 0) is 38.3 Å². The zero-order chi connectivity index (χ0) is 15.9. The first kappa shape index (κ1) is 14.7. The van der Waals surface area contributed by atoms with Crippen molar-refractivity contribution in [2.75, 3.05) is 11.9 Å². The first-order valence-electron chi connectivity index (χ1n) is 8.55. The van der Waals surface area contributed by atoms with E-state index in [4.69, 9.17) is 4.74 Å². The third-order valence-electron chi connectivity index (χ3n) is 5.50. The number of ether oxygens (including phenoxy) is 1. The van der Waals surface area contributed by atoms with Crippen LogP contribution in [0.4, 0.5) is 5.69 Å². The molecule has 122 valence electrons. The molecule has 2 fully saturated rings. The smallest absolute Gasteiger partial charge is 0.181 e. The third-order valence-corrected chi connectivity index (χ3v) is 5.50. The van der Waals surface area contributed by atoms with E-state index in [1.807, 2.05) is 7.05 Å². The van der Waals surface area contributed by atoms with Gasteiger partial charge in [-0.3, -0.25) is 4.68 Å². The second-order valence-corrected chi connectivity index (χ2v) is 6.79. The molecule has 0 aliphatic heterocycles. The summed E-state index contributed by atoms with van der Waals surface area (Å²) in [5, 5.41) is 8.12. The fraction of sp³-hybridized carbons (Fsp3) is 0.556. The van der Waals surface area contributed by atoms with Crippen molar-refractivity contribution in [2.45, 2.75) is 44.8 Å². The number of hydrogen-bond donors (Lipinski definition) is 1. The van der Waals surface area contributed by atoms with Crippen LogP contribution in [-0.2, 0) is 11.8 Å². The minimum Gasteiger partial charge on any atom is -0.382 e. The zero-order valence-electron chi connectivity index (χ0n) is 13.8. The summed E-state index contributed by atoms with van der Waals surface area (Å²) in [6, 6.07) is 8.94. The molecule has 1 heterocycles. The molecule has 1 spiro atoms. The minimum atomic E-state index is 0.370. The number of nitrogens with one attached hydrogen (secondary N) is 1. The van der Waals surface area contributed by atoms with Crippen LogP contribution in [0.2, 0.25) is 0 Å². The molecule has 2 aliphatic carbocycles. The molecule has 0 saturated heterocycles. The largest absolute Gasteiger partial charge is 0.382 e. The van der Waals surface area contributed by atoms with E-state index in [1.165, 1.54) is 19.3 Å². The van der Waals surface area contributed by atoms with Crippen LogP contribution >= 0.6 is 0 Å². The van der Waals surface area contributed by atoms with Crippen molar-refractivity contribution in [3.8, 4) is 11.4 Å². The van der Waals surface area contributed by atoms with Gasteiger partial charge in [0, 0.05) is 36.4 Å². The van der Waals surface area contributed by atoms with E-state index in [9.17, 15) is 0 Å². The molecule has 2 atom stereocenters. The Morgan fingerprint density at radius 1 is 1.39 bits per heavy atom. The van der Waals surface area contributed by atoms with Crippen molar-refractivity contribution in [3.63, 3.8) is 0 Å². The quantitative estimate of drug-likeness (QED) is 0.921. The Balaban J connectivity index is 1.49. The summed E-state index contributed by atoms with van der Waals surface area (Å²) < 4.78 is 7.67. The van der Waals surface area contributed by atoms with E-state index < -0.39 is 0 Å². The van der Waals surface area contributed by atoms with Crippen molar-refractivity contribution in [3.05, 3.63) is 30.6 Å². The Morgan fingerprint density at radius 3 is 2.91 bits per heavy atom. The lowest BCUT2D eigenvalue weighted by molar-refractivity contribution is -0.157. The minimum absolute atomic E-state index is 0.370.